The topological polar surface area (TPSA) is 18.5 Å². The summed E-state index contributed by atoms with van der Waals surface area (Å²) in [7, 11) is 0. The van der Waals surface area contributed by atoms with Gasteiger partial charge < -0.3 is 9.47 Å². The van der Waals surface area contributed by atoms with Gasteiger partial charge in [0.25, 0.3) is 0 Å². The minimum Gasteiger partial charge on any atom is -0.381 e. The smallest absolute Gasteiger partial charge is 0.381 e. The van der Waals surface area contributed by atoms with E-state index in [0.717, 1.165) is 26.4 Å². The predicted molar refractivity (Wildman–Crippen MR) is 125 cm³/mol. The minimum atomic E-state index is 0. The van der Waals surface area contributed by atoms with Gasteiger partial charge in [0.15, 0.2) is 0 Å². The van der Waals surface area contributed by atoms with Crippen LogP contribution < -0.4 is 0 Å². The Bertz CT molecular complexity index is 499. The fourth-order valence-corrected chi connectivity index (χ4v) is 3.24. The van der Waals surface area contributed by atoms with Crippen LogP contribution in [0, 0.1) is 53.7 Å². The molecule has 156 valence electrons. The van der Waals surface area contributed by atoms with Crippen LogP contribution in [0.2, 0.25) is 0 Å². The zero-order chi connectivity index (χ0) is 20.8. The molecule has 2 saturated heterocycles. The largest absolute Gasteiger partial charge is 2.00 e. The van der Waals surface area contributed by atoms with Crippen LogP contribution in [0.3, 0.4) is 0 Å². The summed E-state index contributed by atoms with van der Waals surface area (Å²) < 4.78 is 9.89. The number of hydrogen-bond acceptors (Lipinski definition) is 2. The van der Waals surface area contributed by atoms with Crippen LogP contribution in [-0.2, 0) is 9.47 Å². The van der Waals surface area contributed by atoms with Crippen molar-refractivity contribution < 1.29 is 9.47 Å². The molecular weight excluding hydrogens is 369 g/mol. The number of aryl methyl sites for hydroxylation is 6. The minimum absolute atomic E-state index is 0. The first-order valence-corrected chi connectivity index (χ1v) is 10.5. The van der Waals surface area contributed by atoms with Gasteiger partial charge in [-0.15, -0.1) is 0 Å². The van der Waals surface area contributed by atoms with Gasteiger partial charge in [0, 0.05) is 26.4 Å². The van der Waals surface area contributed by atoms with Gasteiger partial charge in [-0.1, -0.05) is 41.5 Å². The van der Waals surface area contributed by atoms with E-state index in [0.29, 0.717) is 0 Å². The SMILES string of the molecule is C1CCOC1.C1CCOC1.Cc1[c-]c(C)cc(C)c1.Cc1[c-]c(C)cc(C)c1.[Mg+2]. The van der Waals surface area contributed by atoms with E-state index in [-0.39, 0.29) is 23.1 Å². The summed E-state index contributed by atoms with van der Waals surface area (Å²) in [5.74, 6) is 0. The zero-order valence-corrected chi connectivity index (χ0v) is 20.9. The number of ether oxygens (including phenoxy) is 2. The molecule has 0 saturated carbocycles. The maximum atomic E-state index is 4.94. The van der Waals surface area contributed by atoms with Crippen LogP contribution in [0.15, 0.2) is 24.3 Å². The van der Waals surface area contributed by atoms with Gasteiger partial charge in [-0.3, -0.25) is 0 Å². The molecule has 0 N–H and O–H groups in total. The molecule has 4 rings (SSSR count). The molecule has 0 aliphatic carbocycles. The summed E-state index contributed by atoms with van der Waals surface area (Å²) in [6, 6.07) is 14.9. The van der Waals surface area contributed by atoms with E-state index in [4.69, 9.17) is 9.47 Å². The first-order chi connectivity index (χ1) is 13.4. The third-order valence-electron chi connectivity index (χ3n) is 4.22. The number of rotatable bonds is 0. The average molecular weight is 407 g/mol. The summed E-state index contributed by atoms with van der Waals surface area (Å²) in [4.78, 5) is 0. The van der Waals surface area contributed by atoms with E-state index in [1.54, 1.807) is 0 Å². The molecule has 2 heterocycles. The molecule has 0 amide bonds. The molecule has 29 heavy (non-hydrogen) atoms. The van der Waals surface area contributed by atoms with Crippen molar-refractivity contribution in [1.29, 1.82) is 0 Å². The Morgan fingerprint density at radius 1 is 0.517 bits per heavy atom. The number of hydrogen-bond donors (Lipinski definition) is 0. The third-order valence-corrected chi connectivity index (χ3v) is 4.22. The maximum absolute atomic E-state index is 4.94. The molecule has 2 aromatic rings. The molecule has 0 aromatic heterocycles. The Labute approximate surface area is 195 Å². The van der Waals surface area contributed by atoms with Gasteiger partial charge in [0.2, 0.25) is 0 Å². The summed E-state index contributed by atoms with van der Waals surface area (Å²) in [6.45, 7) is 16.5. The van der Waals surface area contributed by atoms with Crippen molar-refractivity contribution in [3.63, 3.8) is 0 Å². The van der Waals surface area contributed by atoms with Crippen LogP contribution in [0.1, 0.15) is 59.1 Å². The quantitative estimate of drug-likeness (QED) is 0.392. The predicted octanol–water partition coefficient (Wildman–Crippen LogP) is 6.04. The summed E-state index contributed by atoms with van der Waals surface area (Å²) in [6.07, 6.45) is 5.11. The standard InChI is InChI=1S/2C9H11.2C4H8O.Mg/c2*1-7-4-8(2)6-9(3)5-7;2*1-2-4-5-3-1;/h2*4-5H,1-3H3;2*1-4H2;/q2*-1;;;+2. The van der Waals surface area contributed by atoms with E-state index < -0.39 is 0 Å². The number of benzene rings is 2. The average Bonchev–Trinajstić information content (AvgIpc) is 3.32. The van der Waals surface area contributed by atoms with Gasteiger partial charge in [-0.2, -0.15) is 69.8 Å². The van der Waals surface area contributed by atoms with E-state index in [2.05, 4.69) is 77.9 Å². The molecule has 2 nitrogen and oxygen atoms in total. The van der Waals surface area contributed by atoms with Crippen molar-refractivity contribution in [2.75, 3.05) is 26.4 Å². The van der Waals surface area contributed by atoms with Gasteiger partial charge in [-0.25, -0.2) is 0 Å². The second-order valence-electron chi connectivity index (χ2n) is 7.69. The molecule has 2 fully saturated rings. The van der Waals surface area contributed by atoms with Crippen LogP contribution in [0.25, 0.3) is 0 Å². The van der Waals surface area contributed by atoms with Crippen molar-refractivity contribution >= 4 is 23.1 Å². The van der Waals surface area contributed by atoms with Gasteiger partial charge >= 0.3 is 23.1 Å². The first-order valence-electron chi connectivity index (χ1n) is 10.5. The molecule has 3 heteroatoms. The van der Waals surface area contributed by atoms with Crippen LogP contribution in [0.5, 0.6) is 0 Å². The molecule has 0 radical (unpaired) electrons. The van der Waals surface area contributed by atoms with Crippen molar-refractivity contribution in [3.8, 4) is 0 Å². The van der Waals surface area contributed by atoms with E-state index in [9.17, 15) is 0 Å². The molecule has 0 atom stereocenters. The summed E-state index contributed by atoms with van der Waals surface area (Å²) >= 11 is 0. The Hall–Kier alpha value is -0.874. The van der Waals surface area contributed by atoms with Gasteiger partial charge in [0.05, 0.1) is 0 Å². The van der Waals surface area contributed by atoms with Crippen molar-refractivity contribution in [2.45, 2.75) is 67.2 Å². The fourth-order valence-electron chi connectivity index (χ4n) is 3.24. The summed E-state index contributed by atoms with van der Waals surface area (Å²) in [5, 5.41) is 0. The third kappa shape index (κ3) is 15.6. The van der Waals surface area contributed by atoms with E-state index in [1.165, 1.54) is 59.1 Å². The molecule has 2 aliphatic heterocycles. The molecule has 2 aromatic carbocycles. The monoisotopic (exact) mass is 406 g/mol. The van der Waals surface area contributed by atoms with Crippen LogP contribution in [-0.4, -0.2) is 49.5 Å². The Kier molecular flexibility index (Phi) is 16.4. The second-order valence-corrected chi connectivity index (χ2v) is 7.69. The van der Waals surface area contributed by atoms with E-state index in [1.807, 2.05) is 0 Å². The summed E-state index contributed by atoms with van der Waals surface area (Å²) in [5.41, 5.74) is 7.56. The van der Waals surface area contributed by atoms with Crippen LogP contribution >= 0.6 is 0 Å². The van der Waals surface area contributed by atoms with Crippen molar-refractivity contribution in [1.82, 2.24) is 0 Å². The van der Waals surface area contributed by atoms with Crippen molar-refractivity contribution in [2.24, 2.45) is 0 Å². The zero-order valence-electron chi connectivity index (χ0n) is 19.5. The normalized spacial score (nSPS) is 14.3. The molecule has 2 aliphatic rings. The van der Waals surface area contributed by atoms with Crippen molar-refractivity contribution in [3.05, 3.63) is 69.8 Å². The molecule has 0 bridgehead atoms. The van der Waals surface area contributed by atoms with E-state index >= 15 is 0 Å². The Morgan fingerprint density at radius 3 is 0.897 bits per heavy atom. The van der Waals surface area contributed by atoms with Crippen LogP contribution in [0.4, 0.5) is 0 Å². The maximum Gasteiger partial charge on any atom is 2.00 e. The second kappa shape index (κ2) is 16.9. The fraction of sp³-hybridized carbons (Fsp3) is 0.538. The first kappa shape index (κ1) is 28.1. The van der Waals surface area contributed by atoms with Gasteiger partial charge in [-0.05, 0) is 25.7 Å². The Balaban J connectivity index is 0.000000369. The molecule has 0 unspecified atom stereocenters. The molecule has 0 spiro atoms. The Morgan fingerprint density at radius 2 is 0.759 bits per heavy atom. The molecular formula is C26H38MgO2. The van der Waals surface area contributed by atoms with Gasteiger partial charge in [0.1, 0.15) is 0 Å².